The lowest BCUT2D eigenvalue weighted by atomic mass is 9.99. The van der Waals surface area contributed by atoms with Gasteiger partial charge in [-0.25, -0.2) is 0 Å². The predicted octanol–water partition coefficient (Wildman–Crippen LogP) is 2.63. The summed E-state index contributed by atoms with van der Waals surface area (Å²) in [6.45, 7) is 6.02. The van der Waals surface area contributed by atoms with Crippen LogP contribution >= 0.6 is 0 Å². The Morgan fingerprint density at radius 1 is 1.44 bits per heavy atom. The molecule has 1 rings (SSSR count). The van der Waals surface area contributed by atoms with Crippen LogP contribution < -0.4 is 0 Å². The number of aliphatic imine (C=N–C) groups is 1. The predicted molar refractivity (Wildman–Crippen MR) is 67.5 cm³/mol. The molecule has 0 bridgehead atoms. The minimum absolute atomic E-state index is 0.289. The Bertz CT molecular complexity index is 263. The Hall–Kier alpha value is -1.12. The van der Waals surface area contributed by atoms with Crippen LogP contribution in [0.5, 0.6) is 0 Å². The molecule has 0 unspecified atom stereocenters. The van der Waals surface area contributed by atoms with E-state index in [-0.39, 0.29) is 5.91 Å². The van der Waals surface area contributed by atoms with Gasteiger partial charge in [0.2, 0.25) is 5.91 Å². The summed E-state index contributed by atoms with van der Waals surface area (Å²) in [5.41, 5.74) is 0. The SMILES string of the molecule is CC=N/C=C\CCC(=O)N1CCC(C)CC1. The van der Waals surface area contributed by atoms with Gasteiger partial charge in [-0.15, -0.1) is 0 Å². The Kier molecular flexibility index (Phi) is 5.83. The van der Waals surface area contributed by atoms with Crippen molar-refractivity contribution >= 4 is 12.1 Å². The highest BCUT2D eigenvalue weighted by atomic mass is 16.2. The minimum Gasteiger partial charge on any atom is -0.343 e. The zero-order valence-electron chi connectivity index (χ0n) is 10.4. The number of nitrogens with zero attached hydrogens (tertiary/aromatic N) is 2. The smallest absolute Gasteiger partial charge is 0.222 e. The summed E-state index contributed by atoms with van der Waals surface area (Å²) < 4.78 is 0. The molecule has 3 heteroatoms. The molecule has 1 aliphatic heterocycles. The molecule has 90 valence electrons. The summed E-state index contributed by atoms with van der Waals surface area (Å²) in [5.74, 6) is 1.07. The van der Waals surface area contributed by atoms with E-state index in [4.69, 9.17) is 0 Å². The number of carbonyl (C=O) groups is 1. The molecule has 0 spiro atoms. The van der Waals surface area contributed by atoms with Gasteiger partial charge in [0.15, 0.2) is 0 Å². The first-order valence-corrected chi connectivity index (χ1v) is 6.14. The maximum atomic E-state index is 11.8. The van der Waals surface area contributed by atoms with E-state index in [9.17, 15) is 4.79 Å². The van der Waals surface area contributed by atoms with E-state index in [1.54, 1.807) is 12.4 Å². The number of allylic oxidation sites excluding steroid dienone is 1. The van der Waals surface area contributed by atoms with Crippen molar-refractivity contribution in [1.82, 2.24) is 4.90 Å². The topological polar surface area (TPSA) is 32.7 Å². The monoisotopic (exact) mass is 222 g/mol. The Morgan fingerprint density at radius 3 is 2.75 bits per heavy atom. The van der Waals surface area contributed by atoms with Gasteiger partial charge in [-0.05, 0) is 32.1 Å². The highest BCUT2D eigenvalue weighted by Crippen LogP contribution is 2.16. The lowest BCUT2D eigenvalue weighted by Crippen LogP contribution is -2.37. The molecule has 0 saturated carbocycles. The Balaban J connectivity index is 2.20. The van der Waals surface area contributed by atoms with Crippen molar-refractivity contribution in [1.29, 1.82) is 0 Å². The fourth-order valence-corrected chi connectivity index (χ4v) is 1.84. The molecule has 16 heavy (non-hydrogen) atoms. The van der Waals surface area contributed by atoms with Gasteiger partial charge in [0.05, 0.1) is 0 Å². The van der Waals surface area contributed by atoms with Crippen LogP contribution in [-0.2, 0) is 4.79 Å². The summed E-state index contributed by atoms with van der Waals surface area (Å²) in [6, 6.07) is 0. The third-order valence-corrected chi connectivity index (χ3v) is 3.00. The molecule has 0 atom stereocenters. The van der Waals surface area contributed by atoms with Gasteiger partial charge in [-0.2, -0.15) is 0 Å². The summed E-state index contributed by atoms with van der Waals surface area (Å²) >= 11 is 0. The first-order chi connectivity index (χ1) is 7.74. The quantitative estimate of drug-likeness (QED) is 0.673. The molecule has 1 saturated heterocycles. The molecule has 1 amide bonds. The van der Waals surface area contributed by atoms with Crippen molar-refractivity contribution < 1.29 is 4.79 Å². The van der Waals surface area contributed by atoms with Crippen LogP contribution in [0.3, 0.4) is 0 Å². The van der Waals surface area contributed by atoms with E-state index >= 15 is 0 Å². The number of carbonyl (C=O) groups excluding carboxylic acids is 1. The van der Waals surface area contributed by atoms with E-state index in [0.717, 1.165) is 38.3 Å². The van der Waals surface area contributed by atoms with Crippen LogP contribution in [0.1, 0.15) is 39.5 Å². The summed E-state index contributed by atoms with van der Waals surface area (Å²) in [5, 5.41) is 0. The van der Waals surface area contributed by atoms with Crippen LogP contribution in [0.15, 0.2) is 17.3 Å². The first-order valence-electron chi connectivity index (χ1n) is 6.14. The second kappa shape index (κ2) is 7.20. The van der Waals surface area contributed by atoms with Gasteiger partial charge in [-0.3, -0.25) is 9.79 Å². The van der Waals surface area contributed by atoms with Gasteiger partial charge in [0, 0.05) is 31.9 Å². The maximum Gasteiger partial charge on any atom is 0.222 e. The fourth-order valence-electron chi connectivity index (χ4n) is 1.84. The van der Waals surface area contributed by atoms with Crippen molar-refractivity contribution in [2.45, 2.75) is 39.5 Å². The summed E-state index contributed by atoms with van der Waals surface area (Å²) in [7, 11) is 0. The number of rotatable bonds is 4. The highest BCUT2D eigenvalue weighted by molar-refractivity contribution is 5.76. The van der Waals surface area contributed by atoms with Gasteiger partial charge in [0.1, 0.15) is 0 Å². The molecule has 0 N–H and O–H groups in total. The third kappa shape index (κ3) is 4.60. The zero-order valence-corrected chi connectivity index (χ0v) is 10.4. The average Bonchev–Trinajstić information content (AvgIpc) is 2.29. The second-order valence-electron chi connectivity index (χ2n) is 4.39. The zero-order chi connectivity index (χ0) is 11.8. The maximum absolute atomic E-state index is 11.8. The van der Waals surface area contributed by atoms with Crippen molar-refractivity contribution in [2.75, 3.05) is 13.1 Å². The molecule has 1 heterocycles. The second-order valence-corrected chi connectivity index (χ2v) is 4.39. The molecule has 0 aromatic heterocycles. The van der Waals surface area contributed by atoms with Crippen LogP contribution in [-0.4, -0.2) is 30.1 Å². The number of hydrogen-bond acceptors (Lipinski definition) is 2. The average molecular weight is 222 g/mol. The Morgan fingerprint density at radius 2 is 2.12 bits per heavy atom. The molecular weight excluding hydrogens is 200 g/mol. The fraction of sp³-hybridized carbons (Fsp3) is 0.692. The number of likely N-dealkylation sites (tertiary alicyclic amines) is 1. The number of piperidine rings is 1. The molecule has 0 aromatic rings. The molecular formula is C13H22N2O. The van der Waals surface area contributed by atoms with Crippen LogP contribution in [0.25, 0.3) is 0 Å². The normalized spacial score (nSPS) is 18.8. The highest BCUT2D eigenvalue weighted by Gasteiger charge is 2.19. The number of amides is 1. The van der Waals surface area contributed by atoms with Crippen molar-refractivity contribution in [3.63, 3.8) is 0 Å². The molecule has 0 aliphatic carbocycles. The van der Waals surface area contributed by atoms with E-state index in [1.165, 1.54) is 0 Å². The van der Waals surface area contributed by atoms with Crippen LogP contribution in [0.2, 0.25) is 0 Å². The minimum atomic E-state index is 0.289. The third-order valence-electron chi connectivity index (χ3n) is 3.00. The molecule has 3 nitrogen and oxygen atoms in total. The van der Waals surface area contributed by atoms with E-state index in [2.05, 4.69) is 11.9 Å². The Labute approximate surface area is 98.2 Å². The summed E-state index contributed by atoms with van der Waals surface area (Å²) in [6.07, 6.45) is 9.16. The summed E-state index contributed by atoms with van der Waals surface area (Å²) in [4.78, 5) is 17.7. The molecule has 1 fully saturated rings. The number of hydrogen-bond donors (Lipinski definition) is 0. The van der Waals surface area contributed by atoms with Crippen molar-refractivity contribution in [3.8, 4) is 0 Å². The molecule has 0 aromatic carbocycles. The van der Waals surface area contributed by atoms with Crippen LogP contribution in [0, 0.1) is 5.92 Å². The van der Waals surface area contributed by atoms with Crippen molar-refractivity contribution in [3.05, 3.63) is 12.3 Å². The first kappa shape index (κ1) is 12.9. The standard InChI is InChI=1S/C13H22N2O/c1-3-14-9-5-4-6-13(16)15-10-7-12(2)8-11-15/h3,5,9,12H,4,6-8,10-11H2,1-2H3/b9-5-,14-3?. The largest absolute Gasteiger partial charge is 0.343 e. The van der Waals surface area contributed by atoms with E-state index in [0.29, 0.717) is 6.42 Å². The lowest BCUT2D eigenvalue weighted by molar-refractivity contribution is -0.132. The molecule has 1 aliphatic rings. The van der Waals surface area contributed by atoms with Gasteiger partial charge >= 0.3 is 0 Å². The van der Waals surface area contributed by atoms with Crippen LogP contribution in [0.4, 0.5) is 0 Å². The van der Waals surface area contributed by atoms with E-state index < -0.39 is 0 Å². The van der Waals surface area contributed by atoms with Gasteiger partial charge in [-0.1, -0.05) is 13.0 Å². The van der Waals surface area contributed by atoms with Gasteiger partial charge < -0.3 is 4.90 Å². The van der Waals surface area contributed by atoms with Gasteiger partial charge in [0.25, 0.3) is 0 Å². The lowest BCUT2D eigenvalue weighted by Gasteiger charge is -2.30. The van der Waals surface area contributed by atoms with E-state index in [1.807, 2.05) is 17.9 Å². The van der Waals surface area contributed by atoms with Crippen molar-refractivity contribution in [2.24, 2.45) is 10.9 Å². The molecule has 0 radical (unpaired) electrons.